The number of likely N-dealkylation sites (tertiary alicyclic amines) is 1. The topological polar surface area (TPSA) is 144 Å². The molecule has 0 spiro atoms. The van der Waals surface area contributed by atoms with Crippen LogP contribution < -0.4 is 10.2 Å². The predicted octanol–water partition coefficient (Wildman–Crippen LogP) is 5.73. The molecule has 310 valence electrons. The second kappa shape index (κ2) is 17.0. The Hall–Kier alpha value is -3.18. The third-order valence-electron chi connectivity index (χ3n) is 16.3. The van der Waals surface area contributed by atoms with Crippen molar-refractivity contribution in [3.05, 3.63) is 30.5 Å². The number of piperidine rings is 1. The summed E-state index contributed by atoms with van der Waals surface area (Å²) in [5, 5.41) is 25.2. The van der Waals surface area contributed by atoms with Crippen LogP contribution in [-0.4, -0.2) is 95.1 Å². The number of carbonyl (C=O) groups is 4. The molecule has 11 nitrogen and oxygen atoms in total. The summed E-state index contributed by atoms with van der Waals surface area (Å²) in [5.41, 5.74) is 0.467. The lowest BCUT2D eigenvalue weighted by Gasteiger charge is -2.62. The van der Waals surface area contributed by atoms with Gasteiger partial charge in [-0.15, -0.1) is 0 Å². The maximum atomic E-state index is 13.0. The molecule has 0 bridgehead atoms. The van der Waals surface area contributed by atoms with Gasteiger partial charge in [0.15, 0.2) is 0 Å². The molecule has 0 radical (unpaired) electrons. The van der Waals surface area contributed by atoms with Crippen molar-refractivity contribution in [2.45, 2.75) is 129 Å². The van der Waals surface area contributed by atoms with E-state index < -0.39 is 0 Å². The number of rotatable bonds is 12. The van der Waals surface area contributed by atoms with Crippen LogP contribution in [0.25, 0.3) is 0 Å². The molecular weight excluding hydrogens is 709 g/mol. The minimum absolute atomic E-state index is 0.00949. The minimum atomic E-state index is -0.259. The first-order valence-electron chi connectivity index (χ1n) is 22.0. The number of nitrogens with zero attached hydrogens (tertiary/aromatic N) is 3. The van der Waals surface area contributed by atoms with Crippen molar-refractivity contribution in [1.82, 2.24) is 15.1 Å². The number of piperazine rings is 1. The summed E-state index contributed by atoms with van der Waals surface area (Å²) >= 11 is 0. The molecule has 1 aromatic rings. The molecule has 1 unspecified atom stereocenters. The molecule has 0 aromatic carbocycles. The molecule has 10 atom stereocenters. The Morgan fingerprint density at radius 2 is 1.70 bits per heavy atom. The zero-order valence-corrected chi connectivity index (χ0v) is 34.3. The quantitative estimate of drug-likeness (QED) is 0.231. The zero-order valence-electron chi connectivity index (χ0n) is 34.3. The van der Waals surface area contributed by atoms with E-state index in [1.165, 1.54) is 36.7 Å². The van der Waals surface area contributed by atoms with Crippen LogP contribution in [0.15, 0.2) is 29.2 Å². The largest absolute Gasteiger partial charge is 0.445 e. The van der Waals surface area contributed by atoms with Crippen LogP contribution in [-0.2, 0) is 25.6 Å². The molecule has 1 aromatic heterocycles. The van der Waals surface area contributed by atoms with Gasteiger partial charge in [-0.2, -0.15) is 0 Å². The lowest BCUT2D eigenvalue weighted by atomic mass is 9.43. The highest BCUT2D eigenvalue weighted by Gasteiger charge is 2.62. The van der Waals surface area contributed by atoms with Gasteiger partial charge < -0.3 is 29.7 Å². The fraction of sp³-hybridized carbons (Fsp3) is 0.778. The van der Waals surface area contributed by atoms with Crippen molar-refractivity contribution in [3.8, 4) is 0 Å². The molecular formula is C45H68N4O7. The van der Waals surface area contributed by atoms with Gasteiger partial charge in [-0.3, -0.25) is 24.1 Å². The number of fused-ring (bicyclic) bond motifs is 5. The Morgan fingerprint density at radius 3 is 2.45 bits per heavy atom. The number of hydrogen-bond donors (Lipinski definition) is 3. The Bertz CT molecular complexity index is 1600. The first kappa shape index (κ1) is 41.0. The van der Waals surface area contributed by atoms with E-state index in [-0.39, 0.29) is 53.2 Å². The molecule has 3 N–H and O–H groups in total. The third kappa shape index (κ3) is 8.23. The monoisotopic (exact) mass is 777 g/mol. The molecule has 4 aliphatic carbocycles. The zero-order chi connectivity index (χ0) is 39.8. The van der Waals surface area contributed by atoms with Crippen molar-refractivity contribution < 1.29 is 33.8 Å². The van der Waals surface area contributed by atoms with Gasteiger partial charge in [0, 0.05) is 58.1 Å². The summed E-state index contributed by atoms with van der Waals surface area (Å²) in [6.45, 7) is 13.7. The van der Waals surface area contributed by atoms with Crippen molar-refractivity contribution in [2.24, 2.45) is 52.3 Å². The number of nitrogens with one attached hydrogen (secondary N) is 1. The standard InChI is InChI=1S/C45H68N4O7/c1-5-39(53)48-24-25-49(41(55)28-48)42-13-8-33(56-42)7-12-40(54)47-22-17-30(18-23-47)16-21-46-38(52)11-6-29(2)34-9-10-35-43-36(15-20-45(34,35)4)44(3)19-14-32(50)26-31(44)27-37(43)51/h5,8,13,29-32,34-37,43,50-51H,1,6-7,9-12,14-28H2,2-4H3,(H,46,52)/t29-,31?,32-,34-,35+,36+,37-,43+,44+,45-/m1/s1. The third-order valence-corrected chi connectivity index (χ3v) is 16.3. The van der Waals surface area contributed by atoms with Crippen molar-refractivity contribution >= 4 is 29.5 Å². The summed E-state index contributed by atoms with van der Waals surface area (Å²) in [5.74, 6) is 4.35. The number of aliphatic hydroxyl groups excluding tert-OH is 2. The van der Waals surface area contributed by atoms with Gasteiger partial charge in [-0.25, -0.2) is 0 Å². The molecule has 7 rings (SSSR count). The Balaban J connectivity index is 0.784. The fourth-order valence-electron chi connectivity index (χ4n) is 13.0. The van der Waals surface area contributed by atoms with E-state index >= 15 is 0 Å². The molecule has 6 aliphatic rings. The van der Waals surface area contributed by atoms with Crippen LogP contribution in [0.3, 0.4) is 0 Å². The van der Waals surface area contributed by atoms with E-state index in [2.05, 4.69) is 32.7 Å². The van der Waals surface area contributed by atoms with Crippen LogP contribution in [0.2, 0.25) is 0 Å². The Labute approximate surface area is 334 Å². The summed E-state index contributed by atoms with van der Waals surface area (Å²) < 4.78 is 5.92. The van der Waals surface area contributed by atoms with Gasteiger partial charge in [0.05, 0.1) is 12.2 Å². The van der Waals surface area contributed by atoms with Crippen molar-refractivity contribution in [3.63, 3.8) is 0 Å². The highest BCUT2D eigenvalue weighted by atomic mass is 16.4. The SMILES string of the molecule is C=CC(=O)N1CCN(c2ccc(CCC(=O)N3CCC(CCNC(=O)CC[C@@H](C)[C@H]4CC[C@H]5[C@@H]6[C@H](O)CC7C[C@H](O)CC[C@]7(C)[C@H]6CC[C@]45C)CC3)o2)C(=O)C1. The molecule has 6 fully saturated rings. The molecule has 56 heavy (non-hydrogen) atoms. The fourth-order valence-corrected chi connectivity index (χ4v) is 13.0. The number of aryl methyl sites for hydroxylation is 1. The minimum Gasteiger partial charge on any atom is -0.445 e. The van der Waals surface area contributed by atoms with Gasteiger partial charge in [0.2, 0.25) is 29.5 Å². The molecule has 4 saturated carbocycles. The molecule has 4 amide bonds. The molecule has 11 heteroatoms. The van der Waals surface area contributed by atoms with Crippen LogP contribution >= 0.6 is 0 Å². The number of carbonyl (C=O) groups excluding carboxylic acids is 4. The van der Waals surface area contributed by atoms with Gasteiger partial charge in [-0.1, -0.05) is 27.4 Å². The first-order valence-corrected chi connectivity index (χ1v) is 22.0. The highest BCUT2D eigenvalue weighted by Crippen LogP contribution is 2.68. The molecule has 3 heterocycles. The van der Waals surface area contributed by atoms with Crippen LogP contribution in [0.4, 0.5) is 5.88 Å². The summed E-state index contributed by atoms with van der Waals surface area (Å²) in [6.07, 6.45) is 14.3. The van der Waals surface area contributed by atoms with E-state index in [0.29, 0.717) is 92.0 Å². The van der Waals surface area contributed by atoms with Gasteiger partial charge in [0.25, 0.3) is 0 Å². The van der Waals surface area contributed by atoms with Gasteiger partial charge in [0.1, 0.15) is 12.3 Å². The number of amides is 4. The van der Waals surface area contributed by atoms with Crippen LogP contribution in [0.5, 0.6) is 0 Å². The summed E-state index contributed by atoms with van der Waals surface area (Å²) in [6, 6.07) is 3.57. The summed E-state index contributed by atoms with van der Waals surface area (Å²) in [4.78, 5) is 55.5. The van der Waals surface area contributed by atoms with E-state index in [1.807, 2.05) is 11.0 Å². The van der Waals surface area contributed by atoms with Gasteiger partial charge >= 0.3 is 0 Å². The number of hydrogen-bond acceptors (Lipinski definition) is 7. The Morgan fingerprint density at radius 1 is 0.946 bits per heavy atom. The maximum absolute atomic E-state index is 13.0. The number of anilines is 1. The first-order chi connectivity index (χ1) is 26.8. The van der Waals surface area contributed by atoms with E-state index in [0.717, 1.165) is 64.5 Å². The average Bonchev–Trinajstić information content (AvgIpc) is 3.81. The number of furan rings is 1. The molecule has 2 aliphatic heterocycles. The average molecular weight is 777 g/mol. The molecule has 2 saturated heterocycles. The van der Waals surface area contributed by atoms with Crippen LogP contribution in [0.1, 0.15) is 116 Å². The normalized spacial score (nSPS) is 35.3. The van der Waals surface area contributed by atoms with Crippen molar-refractivity contribution in [1.29, 1.82) is 0 Å². The van der Waals surface area contributed by atoms with E-state index in [9.17, 15) is 29.4 Å². The predicted molar refractivity (Wildman–Crippen MR) is 214 cm³/mol. The maximum Gasteiger partial charge on any atom is 0.248 e. The highest BCUT2D eigenvalue weighted by molar-refractivity contribution is 5.98. The lowest BCUT2D eigenvalue weighted by Crippen LogP contribution is -2.58. The Kier molecular flexibility index (Phi) is 12.4. The number of aliphatic hydroxyl groups is 2. The van der Waals surface area contributed by atoms with Gasteiger partial charge in [-0.05, 0) is 141 Å². The second-order valence-electron chi connectivity index (χ2n) is 19.2. The lowest BCUT2D eigenvalue weighted by molar-refractivity contribution is -0.174. The van der Waals surface area contributed by atoms with E-state index in [1.54, 1.807) is 11.0 Å². The van der Waals surface area contributed by atoms with E-state index in [4.69, 9.17) is 4.42 Å². The summed E-state index contributed by atoms with van der Waals surface area (Å²) in [7, 11) is 0. The van der Waals surface area contributed by atoms with Crippen molar-refractivity contribution in [2.75, 3.05) is 44.2 Å². The van der Waals surface area contributed by atoms with Crippen LogP contribution in [0, 0.1) is 52.3 Å². The smallest absolute Gasteiger partial charge is 0.248 e. The second-order valence-corrected chi connectivity index (χ2v) is 19.2.